The van der Waals surface area contributed by atoms with Crippen LogP contribution in [0.25, 0.3) is 0 Å². The van der Waals surface area contributed by atoms with Gasteiger partial charge in [-0.3, -0.25) is 4.79 Å². The van der Waals surface area contributed by atoms with Crippen molar-refractivity contribution in [1.29, 1.82) is 0 Å². The lowest BCUT2D eigenvalue weighted by atomic mass is 9.53. The Morgan fingerprint density at radius 1 is 0.520 bits per heavy atom. The molecule has 0 N–H and O–H groups in total. The van der Waals surface area contributed by atoms with Gasteiger partial charge in [-0.05, 0) is 49.8 Å². The predicted octanol–water partition coefficient (Wildman–Crippen LogP) is 7.06. The molecule has 5 aromatic rings. The average Bonchev–Trinajstić information content (AvgIpc) is 3.11. The molecule has 50 heavy (non-hydrogen) atoms. The Kier molecular flexibility index (Phi) is 11.2. The van der Waals surface area contributed by atoms with Gasteiger partial charge in [0.25, 0.3) is 0 Å². The molecule has 1 saturated carbocycles. The van der Waals surface area contributed by atoms with E-state index in [-0.39, 0.29) is 46.6 Å². The van der Waals surface area contributed by atoms with Crippen LogP contribution in [-0.2, 0) is 8.85 Å². The van der Waals surface area contributed by atoms with Gasteiger partial charge in [-0.1, -0.05) is 193 Å². The summed E-state index contributed by atoms with van der Waals surface area (Å²) in [5.74, 6) is 0.181. The van der Waals surface area contributed by atoms with Crippen LogP contribution >= 0.6 is 0 Å². The van der Waals surface area contributed by atoms with Gasteiger partial charge in [0.2, 0.25) is 18.1 Å². The van der Waals surface area contributed by atoms with Crippen molar-refractivity contribution in [2.24, 2.45) is 28.6 Å². The van der Waals surface area contributed by atoms with Crippen molar-refractivity contribution in [3.63, 3.8) is 0 Å². The summed E-state index contributed by atoms with van der Waals surface area (Å²) in [5.41, 5.74) is 0.379. The van der Waals surface area contributed by atoms with Crippen LogP contribution in [0.2, 0.25) is 0 Å². The summed E-state index contributed by atoms with van der Waals surface area (Å²) in [4.78, 5) is 14.5. The van der Waals surface area contributed by atoms with Crippen molar-refractivity contribution in [1.82, 2.24) is 0 Å². The first kappa shape index (κ1) is 35.9. The van der Waals surface area contributed by atoms with Crippen molar-refractivity contribution in [2.75, 3.05) is 0 Å². The molecule has 5 aromatic carbocycles. The maximum absolute atomic E-state index is 14.5. The van der Waals surface area contributed by atoms with Gasteiger partial charge in [0, 0.05) is 11.5 Å². The molecule has 2 unspecified atom stereocenters. The van der Waals surface area contributed by atoms with Crippen LogP contribution in [0.3, 0.4) is 0 Å². The molecule has 1 aliphatic carbocycles. The molecule has 5 heteroatoms. The highest BCUT2D eigenvalue weighted by Gasteiger charge is 2.57. The fourth-order valence-corrected chi connectivity index (χ4v) is 13.4. The predicted molar refractivity (Wildman–Crippen MR) is 213 cm³/mol. The minimum atomic E-state index is -2.15. The van der Waals surface area contributed by atoms with Gasteiger partial charge in [0.05, 0.1) is 12.2 Å². The normalized spacial score (nSPS) is 19.2. The van der Waals surface area contributed by atoms with E-state index < -0.39 is 18.1 Å². The molecule has 0 heterocycles. The Bertz CT molecular complexity index is 1710. The first-order valence-corrected chi connectivity index (χ1v) is 21.4. The zero-order chi connectivity index (χ0) is 35.3. The molecule has 1 aliphatic rings. The third kappa shape index (κ3) is 8.19. The van der Waals surface area contributed by atoms with Crippen molar-refractivity contribution < 1.29 is 13.6 Å². The molecule has 6 rings (SSSR count). The number of hydrogen-bond acceptors (Lipinski definition) is 3. The van der Waals surface area contributed by atoms with Gasteiger partial charge in [-0.2, -0.15) is 0 Å². The Balaban J connectivity index is 1.45. The lowest BCUT2D eigenvalue weighted by molar-refractivity contribution is -0.121. The summed E-state index contributed by atoms with van der Waals surface area (Å²) in [7, 11) is -4.24. The second-order valence-corrected chi connectivity index (χ2v) is 20.8. The molecule has 0 bridgehead atoms. The minimum Gasteiger partial charge on any atom is -0.407 e. The summed E-state index contributed by atoms with van der Waals surface area (Å²) in [6.07, 6.45) is 0.536. The monoisotopic (exact) mass is 696 g/mol. The summed E-state index contributed by atoms with van der Waals surface area (Å²) in [6, 6.07) is 52.9. The number of benzene rings is 5. The molecule has 0 aromatic heterocycles. The molecule has 0 spiro atoms. The Labute approximate surface area is 303 Å². The molecular formula is C45H52O3Si2. The number of hydrogen-bond donors (Lipinski definition) is 0. The standard InChI is InChI=1S/C45H52O3Si2/c1-44(2,3)42(47-49(34-24-14-8-15-25-34)35-26-16-9-17-27-35)39-32-38(41(46)33-22-12-7-13-23-33)40(39)43(45(4,5)6)48-50(36-28-18-10-19-29-36)37-30-20-11-21-31-37/h7-31,38-40,42-43,49-50H,32H2,1-6H3/t38-,39-,40+,42?,43?/m0/s1. The highest BCUT2D eigenvalue weighted by Crippen LogP contribution is 2.54. The van der Waals surface area contributed by atoms with Gasteiger partial charge >= 0.3 is 0 Å². The topological polar surface area (TPSA) is 35.5 Å². The molecule has 0 aliphatic heterocycles. The second-order valence-electron chi connectivity index (χ2n) is 16.1. The van der Waals surface area contributed by atoms with E-state index in [0.717, 1.165) is 12.0 Å². The van der Waals surface area contributed by atoms with E-state index in [1.165, 1.54) is 20.7 Å². The van der Waals surface area contributed by atoms with Crippen LogP contribution in [0.4, 0.5) is 0 Å². The minimum absolute atomic E-state index is 0.0180. The maximum Gasteiger partial charge on any atom is 0.240 e. The zero-order valence-corrected chi connectivity index (χ0v) is 32.7. The van der Waals surface area contributed by atoms with E-state index in [9.17, 15) is 4.79 Å². The Morgan fingerprint density at radius 3 is 1.18 bits per heavy atom. The molecule has 0 radical (unpaired) electrons. The second kappa shape index (κ2) is 15.6. The van der Waals surface area contributed by atoms with E-state index in [1.807, 2.05) is 30.3 Å². The van der Waals surface area contributed by atoms with Crippen molar-refractivity contribution >= 4 is 44.6 Å². The van der Waals surface area contributed by atoms with Crippen molar-refractivity contribution in [3.8, 4) is 0 Å². The van der Waals surface area contributed by atoms with Crippen LogP contribution in [0, 0.1) is 28.6 Å². The van der Waals surface area contributed by atoms with Crippen LogP contribution < -0.4 is 20.7 Å². The molecule has 0 saturated heterocycles. The van der Waals surface area contributed by atoms with Crippen LogP contribution in [0.5, 0.6) is 0 Å². The quantitative estimate of drug-likeness (QED) is 0.104. The third-order valence-corrected chi connectivity index (χ3v) is 15.4. The first-order valence-electron chi connectivity index (χ1n) is 18.1. The zero-order valence-electron chi connectivity index (χ0n) is 30.4. The van der Waals surface area contributed by atoms with Gasteiger partial charge in [0.15, 0.2) is 5.78 Å². The molecule has 1 fully saturated rings. The third-order valence-electron chi connectivity index (χ3n) is 10.3. The molecule has 258 valence electrons. The smallest absolute Gasteiger partial charge is 0.240 e. The lowest BCUT2D eigenvalue weighted by Crippen LogP contribution is -2.63. The number of carbonyl (C=O) groups is 1. The number of rotatable bonds is 12. The van der Waals surface area contributed by atoms with Gasteiger partial charge in [0.1, 0.15) is 0 Å². The summed E-state index contributed by atoms with van der Waals surface area (Å²) in [6.45, 7) is 13.8. The van der Waals surface area contributed by atoms with Crippen LogP contribution in [0.1, 0.15) is 58.3 Å². The summed E-state index contributed by atoms with van der Waals surface area (Å²) >= 11 is 0. The van der Waals surface area contributed by atoms with Crippen LogP contribution in [0.15, 0.2) is 152 Å². The van der Waals surface area contributed by atoms with Crippen LogP contribution in [-0.4, -0.2) is 36.1 Å². The number of Topliss-reactive ketones (excluding diaryl/α,β-unsaturated/α-hetero) is 1. The average molecular weight is 697 g/mol. The van der Waals surface area contributed by atoms with Gasteiger partial charge in [-0.25, -0.2) is 0 Å². The summed E-state index contributed by atoms with van der Waals surface area (Å²) < 4.78 is 15.2. The first-order chi connectivity index (χ1) is 24.0. The SMILES string of the molecule is CC(C)(C)C(O[SiH](c1ccccc1)c1ccccc1)[C@@H]1[C@@H](C(=O)c2ccccc2)C[C@@H]1C(O[SiH](c1ccccc1)c1ccccc1)C(C)(C)C. The molecular weight excluding hydrogens is 645 g/mol. The Morgan fingerprint density at radius 2 is 0.840 bits per heavy atom. The maximum atomic E-state index is 14.5. The largest absolute Gasteiger partial charge is 0.407 e. The van der Waals surface area contributed by atoms with Gasteiger partial charge < -0.3 is 8.85 Å². The van der Waals surface area contributed by atoms with Crippen molar-refractivity contribution in [2.45, 2.75) is 60.2 Å². The summed E-state index contributed by atoms with van der Waals surface area (Å²) in [5, 5.41) is 5.04. The highest BCUT2D eigenvalue weighted by atomic mass is 28.3. The molecule has 3 nitrogen and oxygen atoms in total. The Hall–Kier alpha value is -3.88. The number of carbonyl (C=O) groups excluding carboxylic acids is 1. The fraction of sp³-hybridized carbons (Fsp3) is 0.311. The lowest BCUT2D eigenvalue weighted by Gasteiger charge is -2.57. The van der Waals surface area contributed by atoms with E-state index in [1.54, 1.807) is 0 Å². The van der Waals surface area contributed by atoms with Gasteiger partial charge in [-0.15, -0.1) is 0 Å². The van der Waals surface area contributed by atoms with E-state index >= 15 is 0 Å². The number of ketones is 1. The van der Waals surface area contributed by atoms with E-state index in [4.69, 9.17) is 8.85 Å². The molecule has 5 atom stereocenters. The van der Waals surface area contributed by atoms with Crippen molar-refractivity contribution in [3.05, 3.63) is 157 Å². The van der Waals surface area contributed by atoms with E-state index in [2.05, 4.69) is 163 Å². The van der Waals surface area contributed by atoms with E-state index in [0.29, 0.717) is 0 Å². The highest BCUT2D eigenvalue weighted by molar-refractivity contribution is 6.80. The fourth-order valence-electron chi connectivity index (χ4n) is 7.89. The molecule has 0 amide bonds.